The van der Waals surface area contributed by atoms with Crippen LogP contribution in [0.1, 0.15) is 5.56 Å². The van der Waals surface area contributed by atoms with Crippen molar-refractivity contribution in [3.8, 4) is 11.1 Å². The minimum Gasteiger partial charge on any atom is -0.381 e. The van der Waals surface area contributed by atoms with Crippen molar-refractivity contribution in [1.82, 2.24) is 24.3 Å². The van der Waals surface area contributed by atoms with Crippen LogP contribution >= 0.6 is 0 Å². The van der Waals surface area contributed by atoms with Crippen molar-refractivity contribution in [3.05, 3.63) is 72.9 Å². The molecule has 6 nitrogen and oxygen atoms in total. The second-order valence-corrected chi connectivity index (χ2v) is 7.02. The molecule has 0 radical (unpaired) electrons. The molecule has 1 N–H and O–H groups in total. The van der Waals surface area contributed by atoms with Gasteiger partial charge in [0.05, 0.1) is 17.2 Å². The first-order valence-corrected chi connectivity index (χ1v) is 9.19. The zero-order chi connectivity index (χ0) is 19.1. The van der Waals surface area contributed by atoms with Crippen LogP contribution in [0.3, 0.4) is 0 Å². The summed E-state index contributed by atoms with van der Waals surface area (Å²) in [5.74, 6) is 0. The van der Waals surface area contributed by atoms with E-state index in [1.165, 1.54) is 10.9 Å². The van der Waals surface area contributed by atoms with Gasteiger partial charge in [0.1, 0.15) is 0 Å². The van der Waals surface area contributed by atoms with Gasteiger partial charge in [-0.15, -0.1) is 0 Å². The van der Waals surface area contributed by atoms with Crippen molar-refractivity contribution < 1.29 is 0 Å². The van der Waals surface area contributed by atoms with Gasteiger partial charge in [0.2, 0.25) is 0 Å². The van der Waals surface area contributed by atoms with E-state index in [-0.39, 0.29) is 0 Å². The second-order valence-electron chi connectivity index (χ2n) is 7.02. The van der Waals surface area contributed by atoms with Gasteiger partial charge in [-0.2, -0.15) is 5.10 Å². The van der Waals surface area contributed by atoms with Crippen LogP contribution in [-0.2, 0) is 20.6 Å². The van der Waals surface area contributed by atoms with Crippen LogP contribution in [0.15, 0.2) is 67.4 Å². The summed E-state index contributed by atoms with van der Waals surface area (Å²) in [6.07, 6.45) is 9.45. The van der Waals surface area contributed by atoms with Crippen LogP contribution in [0.5, 0.6) is 0 Å². The lowest BCUT2D eigenvalue weighted by Crippen LogP contribution is -2.00. The first kappa shape index (κ1) is 16.5. The number of aromatic nitrogens is 5. The highest BCUT2D eigenvalue weighted by Gasteiger charge is 2.10. The summed E-state index contributed by atoms with van der Waals surface area (Å²) in [6, 6.07) is 12.8. The summed E-state index contributed by atoms with van der Waals surface area (Å²) in [6.45, 7) is 0.704. The molecule has 5 rings (SSSR count). The highest BCUT2D eigenvalue weighted by molar-refractivity contribution is 5.97. The number of nitrogens with zero attached hydrogens (tertiary/aromatic N) is 5. The zero-order valence-electron chi connectivity index (χ0n) is 15.8. The van der Waals surface area contributed by atoms with E-state index in [1.54, 1.807) is 12.4 Å². The Kier molecular flexibility index (Phi) is 3.83. The van der Waals surface area contributed by atoms with Gasteiger partial charge in [-0.1, -0.05) is 12.1 Å². The molecule has 0 atom stereocenters. The smallest absolute Gasteiger partial charge is 0.0966 e. The van der Waals surface area contributed by atoms with E-state index in [1.807, 2.05) is 30.2 Å². The quantitative estimate of drug-likeness (QED) is 0.518. The van der Waals surface area contributed by atoms with E-state index in [0.717, 1.165) is 33.4 Å². The molecule has 0 spiro atoms. The molecule has 0 saturated heterocycles. The van der Waals surface area contributed by atoms with Crippen molar-refractivity contribution >= 4 is 27.6 Å². The summed E-state index contributed by atoms with van der Waals surface area (Å²) in [7, 11) is 3.99. The van der Waals surface area contributed by atoms with E-state index in [2.05, 4.69) is 68.5 Å². The third-order valence-corrected chi connectivity index (χ3v) is 5.03. The highest BCUT2D eigenvalue weighted by atomic mass is 15.2. The Balaban J connectivity index is 1.60. The van der Waals surface area contributed by atoms with Gasteiger partial charge in [0, 0.05) is 67.8 Å². The van der Waals surface area contributed by atoms with E-state index >= 15 is 0 Å². The fourth-order valence-corrected chi connectivity index (χ4v) is 3.59. The zero-order valence-corrected chi connectivity index (χ0v) is 15.8. The molecule has 28 heavy (non-hydrogen) atoms. The van der Waals surface area contributed by atoms with Crippen LogP contribution in [0.2, 0.25) is 0 Å². The van der Waals surface area contributed by atoms with Crippen molar-refractivity contribution in [2.75, 3.05) is 5.32 Å². The summed E-state index contributed by atoms with van der Waals surface area (Å²) >= 11 is 0. The van der Waals surface area contributed by atoms with Crippen LogP contribution in [0.4, 0.5) is 5.69 Å². The van der Waals surface area contributed by atoms with Gasteiger partial charge in [0.25, 0.3) is 0 Å². The van der Waals surface area contributed by atoms with Crippen LogP contribution in [0, 0.1) is 0 Å². The molecule has 5 aromatic rings. The monoisotopic (exact) mass is 368 g/mol. The van der Waals surface area contributed by atoms with Crippen molar-refractivity contribution in [2.45, 2.75) is 6.54 Å². The number of nitrogens with one attached hydrogen (secondary N) is 1. The third-order valence-electron chi connectivity index (χ3n) is 5.03. The third kappa shape index (κ3) is 2.89. The summed E-state index contributed by atoms with van der Waals surface area (Å²) < 4.78 is 3.95. The lowest BCUT2D eigenvalue weighted by molar-refractivity contribution is 0.767. The van der Waals surface area contributed by atoms with Crippen LogP contribution < -0.4 is 5.32 Å². The molecule has 0 aliphatic rings. The van der Waals surface area contributed by atoms with E-state index in [4.69, 9.17) is 0 Å². The predicted octanol–water partition coefficient (Wildman–Crippen LogP) is 4.13. The number of anilines is 1. The molecule has 138 valence electrons. The van der Waals surface area contributed by atoms with Crippen LogP contribution in [-0.4, -0.2) is 24.3 Å². The minimum atomic E-state index is 0.704. The molecule has 0 aliphatic heterocycles. The Hall–Kier alpha value is -3.67. The normalized spacial score (nSPS) is 11.4. The number of fused-ring (bicyclic) bond motifs is 2. The van der Waals surface area contributed by atoms with Crippen molar-refractivity contribution in [3.63, 3.8) is 0 Å². The molecule has 3 heterocycles. The maximum Gasteiger partial charge on any atom is 0.0966 e. The highest BCUT2D eigenvalue weighted by Crippen LogP contribution is 2.32. The Bertz CT molecular complexity index is 1300. The summed E-state index contributed by atoms with van der Waals surface area (Å²) in [5.41, 5.74) is 7.33. The second kappa shape index (κ2) is 6.49. The minimum absolute atomic E-state index is 0.704. The lowest BCUT2D eigenvalue weighted by Gasteiger charge is -2.11. The molecular weight excluding hydrogens is 348 g/mol. The molecule has 0 aliphatic carbocycles. The predicted molar refractivity (Wildman–Crippen MR) is 112 cm³/mol. The maximum atomic E-state index is 4.60. The lowest BCUT2D eigenvalue weighted by atomic mass is 10.0. The van der Waals surface area contributed by atoms with Gasteiger partial charge in [-0.25, -0.2) is 0 Å². The SMILES string of the molecule is Cn1cc(CNc2cc(-c3ccc4ccn(C)c4c3)c3nccnc3c2)cn1. The van der Waals surface area contributed by atoms with Gasteiger partial charge < -0.3 is 9.88 Å². The first-order valence-electron chi connectivity index (χ1n) is 9.19. The Morgan fingerprint density at radius 2 is 1.89 bits per heavy atom. The van der Waals surface area contributed by atoms with E-state index < -0.39 is 0 Å². The Morgan fingerprint density at radius 1 is 1.00 bits per heavy atom. The molecule has 0 bridgehead atoms. The molecular formula is C22H20N6. The fraction of sp³-hybridized carbons (Fsp3) is 0.136. The average Bonchev–Trinajstić information content (AvgIpc) is 3.31. The summed E-state index contributed by atoms with van der Waals surface area (Å²) in [4.78, 5) is 9.13. The van der Waals surface area contributed by atoms with Gasteiger partial charge in [0.15, 0.2) is 0 Å². The standard InChI is InChI=1S/C22H20N6/c1-27-8-5-16-3-4-17(9-21(16)27)19-10-18(11-20-22(19)24-7-6-23-20)25-12-15-13-26-28(2)14-15/h3-11,13-14,25H,12H2,1-2H3. The topological polar surface area (TPSA) is 60.6 Å². The Morgan fingerprint density at radius 3 is 2.75 bits per heavy atom. The molecule has 0 fully saturated rings. The Labute approximate surface area is 162 Å². The molecule has 3 aromatic heterocycles. The molecule has 2 aromatic carbocycles. The number of aryl methyl sites for hydroxylation is 2. The molecule has 0 saturated carbocycles. The van der Waals surface area contributed by atoms with Crippen LogP contribution in [0.25, 0.3) is 33.1 Å². The van der Waals surface area contributed by atoms with E-state index in [9.17, 15) is 0 Å². The number of hydrogen-bond donors (Lipinski definition) is 1. The van der Waals surface area contributed by atoms with Crippen molar-refractivity contribution in [1.29, 1.82) is 0 Å². The van der Waals surface area contributed by atoms with Gasteiger partial charge in [-0.05, 0) is 35.2 Å². The molecule has 6 heteroatoms. The molecule has 0 unspecified atom stereocenters. The fourth-order valence-electron chi connectivity index (χ4n) is 3.59. The molecule has 0 amide bonds. The van der Waals surface area contributed by atoms with E-state index in [0.29, 0.717) is 6.54 Å². The summed E-state index contributed by atoms with van der Waals surface area (Å²) in [5, 5.41) is 8.95. The largest absolute Gasteiger partial charge is 0.381 e. The first-order chi connectivity index (χ1) is 13.7. The number of rotatable bonds is 4. The number of benzene rings is 2. The average molecular weight is 368 g/mol. The van der Waals surface area contributed by atoms with Gasteiger partial charge >= 0.3 is 0 Å². The van der Waals surface area contributed by atoms with Crippen molar-refractivity contribution in [2.24, 2.45) is 14.1 Å². The van der Waals surface area contributed by atoms with Gasteiger partial charge in [-0.3, -0.25) is 14.6 Å². The number of hydrogen-bond acceptors (Lipinski definition) is 4. The maximum absolute atomic E-state index is 4.60.